The summed E-state index contributed by atoms with van der Waals surface area (Å²) >= 11 is 0. The molecule has 6 heteroatoms. The van der Waals surface area contributed by atoms with Gasteiger partial charge in [0.05, 0.1) is 12.1 Å². The van der Waals surface area contributed by atoms with E-state index in [2.05, 4.69) is 5.32 Å². The summed E-state index contributed by atoms with van der Waals surface area (Å²) in [6.45, 7) is 3.10. The normalized spacial score (nSPS) is 29.2. The van der Waals surface area contributed by atoms with Crippen molar-refractivity contribution in [1.82, 2.24) is 5.32 Å². The van der Waals surface area contributed by atoms with Crippen molar-refractivity contribution >= 4 is 5.91 Å². The van der Waals surface area contributed by atoms with Crippen molar-refractivity contribution in [3.05, 3.63) is 0 Å². The number of hydrogen-bond donors (Lipinski definition) is 3. The first kappa shape index (κ1) is 15.4. The Balaban J connectivity index is 2.27. The highest BCUT2D eigenvalue weighted by Crippen LogP contribution is 2.24. The summed E-state index contributed by atoms with van der Waals surface area (Å²) in [5, 5.41) is 12.9. The maximum absolute atomic E-state index is 11.7. The predicted molar refractivity (Wildman–Crippen MR) is 67.1 cm³/mol. The summed E-state index contributed by atoms with van der Waals surface area (Å²) in [4.78, 5) is 11.7. The van der Waals surface area contributed by atoms with E-state index in [0.29, 0.717) is 26.1 Å². The maximum atomic E-state index is 11.7. The van der Waals surface area contributed by atoms with Crippen LogP contribution in [0.25, 0.3) is 0 Å². The minimum absolute atomic E-state index is 0.185. The summed E-state index contributed by atoms with van der Waals surface area (Å²) < 4.78 is 10.2. The highest BCUT2D eigenvalue weighted by Gasteiger charge is 2.39. The number of hydrogen-bond acceptors (Lipinski definition) is 5. The van der Waals surface area contributed by atoms with Crippen molar-refractivity contribution in [3.63, 3.8) is 0 Å². The molecule has 0 bridgehead atoms. The van der Waals surface area contributed by atoms with Crippen LogP contribution in [0.1, 0.15) is 26.2 Å². The largest absolute Gasteiger partial charge is 0.385 e. The summed E-state index contributed by atoms with van der Waals surface area (Å²) in [5.74, 6) is -0.237. The van der Waals surface area contributed by atoms with Crippen LogP contribution in [0.4, 0.5) is 0 Å². The lowest BCUT2D eigenvalue weighted by Crippen LogP contribution is -2.51. The molecule has 6 nitrogen and oxygen atoms in total. The van der Waals surface area contributed by atoms with Crippen LogP contribution >= 0.6 is 0 Å². The van der Waals surface area contributed by atoms with E-state index in [4.69, 9.17) is 15.2 Å². The Labute approximate surface area is 108 Å². The van der Waals surface area contributed by atoms with Crippen molar-refractivity contribution in [2.24, 2.45) is 5.73 Å². The quantitative estimate of drug-likeness (QED) is 0.531. The Kier molecular flexibility index (Phi) is 6.01. The summed E-state index contributed by atoms with van der Waals surface area (Å²) in [6, 6.07) is -0.554. The van der Waals surface area contributed by atoms with Gasteiger partial charge in [-0.15, -0.1) is 0 Å². The average molecular weight is 260 g/mol. The van der Waals surface area contributed by atoms with Gasteiger partial charge in [0, 0.05) is 33.3 Å². The zero-order valence-electron chi connectivity index (χ0n) is 11.1. The molecule has 0 aromatic heterocycles. The molecule has 0 aliphatic carbocycles. The van der Waals surface area contributed by atoms with E-state index in [9.17, 15) is 9.90 Å². The first-order valence-corrected chi connectivity index (χ1v) is 6.36. The Bertz CT molecular complexity index is 275. The van der Waals surface area contributed by atoms with Gasteiger partial charge in [0.15, 0.2) is 0 Å². The number of carbonyl (C=O) groups excluding carboxylic acids is 1. The Morgan fingerprint density at radius 1 is 1.72 bits per heavy atom. The summed E-state index contributed by atoms with van der Waals surface area (Å²) in [7, 11) is 1.61. The molecule has 0 radical (unpaired) electrons. The second kappa shape index (κ2) is 7.04. The Morgan fingerprint density at radius 2 is 2.44 bits per heavy atom. The molecule has 0 spiro atoms. The van der Waals surface area contributed by atoms with E-state index < -0.39 is 11.6 Å². The zero-order chi connectivity index (χ0) is 13.6. The third-order valence-electron chi connectivity index (χ3n) is 3.43. The van der Waals surface area contributed by atoms with E-state index >= 15 is 0 Å². The van der Waals surface area contributed by atoms with Crippen molar-refractivity contribution in [2.75, 3.05) is 26.9 Å². The van der Waals surface area contributed by atoms with Crippen LogP contribution in [0, 0.1) is 0 Å². The van der Waals surface area contributed by atoms with Gasteiger partial charge in [-0.25, -0.2) is 0 Å². The zero-order valence-corrected chi connectivity index (χ0v) is 11.1. The molecular formula is C12H24N2O4. The fraction of sp³-hybridized carbons (Fsp3) is 0.917. The minimum atomic E-state index is -0.970. The number of ether oxygens (including phenoxy) is 2. The van der Waals surface area contributed by atoms with Crippen molar-refractivity contribution < 1.29 is 19.4 Å². The van der Waals surface area contributed by atoms with E-state index in [0.717, 1.165) is 6.42 Å². The van der Waals surface area contributed by atoms with Gasteiger partial charge in [0.1, 0.15) is 5.60 Å². The molecule has 3 atom stereocenters. The molecule has 1 heterocycles. The van der Waals surface area contributed by atoms with Gasteiger partial charge in [-0.1, -0.05) is 0 Å². The lowest BCUT2D eigenvalue weighted by atomic mass is 9.96. The fourth-order valence-electron chi connectivity index (χ4n) is 1.95. The molecule has 0 aromatic carbocycles. The predicted octanol–water partition coefficient (Wildman–Crippen LogP) is -0.604. The molecule has 1 fully saturated rings. The van der Waals surface area contributed by atoms with Crippen LogP contribution < -0.4 is 11.1 Å². The molecule has 1 saturated heterocycles. The van der Waals surface area contributed by atoms with Crippen LogP contribution in [-0.4, -0.2) is 55.6 Å². The smallest absolute Gasteiger partial charge is 0.237 e. The average Bonchev–Trinajstić information content (AvgIpc) is 2.67. The molecular weight excluding hydrogens is 236 g/mol. The summed E-state index contributed by atoms with van der Waals surface area (Å²) in [5.41, 5.74) is 4.77. The van der Waals surface area contributed by atoms with Crippen LogP contribution in [-0.2, 0) is 14.3 Å². The topological polar surface area (TPSA) is 93.8 Å². The third-order valence-corrected chi connectivity index (χ3v) is 3.43. The molecule has 1 aliphatic rings. The van der Waals surface area contributed by atoms with Gasteiger partial charge >= 0.3 is 0 Å². The molecule has 3 unspecified atom stereocenters. The lowest BCUT2D eigenvalue weighted by molar-refractivity contribution is -0.124. The Hall–Kier alpha value is -0.690. The van der Waals surface area contributed by atoms with E-state index in [-0.39, 0.29) is 18.6 Å². The number of carbonyl (C=O) groups is 1. The van der Waals surface area contributed by atoms with Gasteiger partial charge in [-0.3, -0.25) is 4.79 Å². The number of methoxy groups -OCH3 is 1. The molecule has 18 heavy (non-hydrogen) atoms. The molecule has 1 rings (SSSR count). The minimum Gasteiger partial charge on any atom is -0.385 e. The van der Waals surface area contributed by atoms with Gasteiger partial charge in [0.2, 0.25) is 5.91 Å². The first-order valence-electron chi connectivity index (χ1n) is 6.36. The van der Waals surface area contributed by atoms with Crippen LogP contribution in [0.5, 0.6) is 0 Å². The molecule has 4 N–H and O–H groups in total. The van der Waals surface area contributed by atoms with Gasteiger partial charge in [0.25, 0.3) is 0 Å². The van der Waals surface area contributed by atoms with Gasteiger partial charge in [-0.05, 0) is 19.8 Å². The number of nitrogens with one attached hydrogen (secondary N) is 1. The number of aliphatic hydroxyl groups is 1. The summed E-state index contributed by atoms with van der Waals surface area (Å²) in [6.07, 6.45) is 1.59. The highest BCUT2D eigenvalue weighted by molar-refractivity contribution is 5.81. The number of amides is 1. The monoisotopic (exact) mass is 260 g/mol. The van der Waals surface area contributed by atoms with Crippen molar-refractivity contribution in [1.29, 1.82) is 0 Å². The standard InChI is InChI=1S/C12H24N2O4/c1-9-12(16,5-7-18-9)8-14-11(15)10(13)4-3-6-17-2/h9-10,16H,3-8,13H2,1-2H3,(H,14,15). The second-order valence-electron chi connectivity index (χ2n) is 4.83. The molecule has 1 aliphatic heterocycles. The highest BCUT2D eigenvalue weighted by atomic mass is 16.5. The van der Waals surface area contributed by atoms with Gasteiger partial charge in [-0.2, -0.15) is 0 Å². The molecule has 0 aromatic rings. The van der Waals surface area contributed by atoms with E-state index in [1.54, 1.807) is 14.0 Å². The molecule has 106 valence electrons. The third kappa shape index (κ3) is 4.20. The van der Waals surface area contributed by atoms with Crippen LogP contribution in [0.2, 0.25) is 0 Å². The molecule has 1 amide bonds. The maximum Gasteiger partial charge on any atom is 0.237 e. The lowest BCUT2D eigenvalue weighted by Gasteiger charge is -2.26. The van der Waals surface area contributed by atoms with Crippen molar-refractivity contribution in [2.45, 2.75) is 43.9 Å². The SMILES string of the molecule is COCCCC(N)C(=O)NCC1(O)CCOC1C. The molecule has 0 saturated carbocycles. The number of rotatable bonds is 7. The fourth-order valence-corrected chi connectivity index (χ4v) is 1.95. The van der Waals surface area contributed by atoms with Crippen LogP contribution in [0.15, 0.2) is 0 Å². The Morgan fingerprint density at radius 3 is 3.00 bits per heavy atom. The van der Waals surface area contributed by atoms with Gasteiger partial charge < -0.3 is 25.6 Å². The van der Waals surface area contributed by atoms with Crippen LogP contribution in [0.3, 0.4) is 0 Å². The van der Waals surface area contributed by atoms with Crippen molar-refractivity contribution in [3.8, 4) is 0 Å². The van der Waals surface area contributed by atoms with E-state index in [1.807, 2.05) is 0 Å². The number of nitrogens with two attached hydrogens (primary N) is 1. The second-order valence-corrected chi connectivity index (χ2v) is 4.83. The first-order chi connectivity index (χ1) is 8.49. The van der Waals surface area contributed by atoms with E-state index in [1.165, 1.54) is 0 Å².